The van der Waals surface area contributed by atoms with Crippen molar-refractivity contribution in [1.29, 1.82) is 0 Å². The number of anilines is 1. The van der Waals surface area contributed by atoms with E-state index in [0.29, 0.717) is 18.2 Å². The number of sulfonamides is 1. The first-order valence-corrected chi connectivity index (χ1v) is 10.4. The molecule has 1 aromatic carbocycles. The van der Waals surface area contributed by atoms with Crippen molar-refractivity contribution in [2.24, 2.45) is 11.8 Å². The summed E-state index contributed by atoms with van der Waals surface area (Å²) < 4.78 is 27.3. The highest BCUT2D eigenvalue weighted by atomic mass is 32.2. The van der Waals surface area contributed by atoms with Crippen molar-refractivity contribution in [3.8, 4) is 0 Å². The highest BCUT2D eigenvalue weighted by molar-refractivity contribution is 7.98. The van der Waals surface area contributed by atoms with Crippen LogP contribution in [-0.4, -0.2) is 27.1 Å². The van der Waals surface area contributed by atoms with Crippen LogP contribution in [-0.2, 0) is 14.8 Å². The van der Waals surface area contributed by atoms with Crippen LogP contribution >= 0.6 is 11.8 Å². The number of hydrogen-bond donors (Lipinski definition) is 2. The number of benzene rings is 1. The number of rotatable bonds is 8. The van der Waals surface area contributed by atoms with Crippen LogP contribution in [0.4, 0.5) is 5.69 Å². The Balaban J connectivity index is 3.02. The van der Waals surface area contributed by atoms with E-state index in [0.717, 1.165) is 11.3 Å². The number of hydrogen-bond acceptors (Lipinski definition) is 4. The zero-order valence-corrected chi connectivity index (χ0v) is 16.0. The lowest BCUT2D eigenvalue weighted by molar-refractivity contribution is -0.118. The molecule has 0 atom stereocenters. The van der Waals surface area contributed by atoms with Crippen LogP contribution in [0.2, 0.25) is 0 Å². The molecule has 7 heteroatoms. The largest absolute Gasteiger partial charge is 0.325 e. The lowest BCUT2D eigenvalue weighted by Crippen LogP contribution is -2.26. The van der Waals surface area contributed by atoms with Crippen LogP contribution < -0.4 is 10.0 Å². The minimum atomic E-state index is -3.57. The number of thioether (sulfide) groups is 1. The van der Waals surface area contributed by atoms with Gasteiger partial charge in [0.25, 0.3) is 0 Å². The van der Waals surface area contributed by atoms with Gasteiger partial charge >= 0.3 is 0 Å². The van der Waals surface area contributed by atoms with Gasteiger partial charge in [-0.05, 0) is 36.8 Å². The molecule has 0 spiro atoms. The lowest BCUT2D eigenvalue weighted by atomic mass is 10.1. The van der Waals surface area contributed by atoms with Crippen molar-refractivity contribution in [2.75, 3.05) is 18.1 Å². The summed E-state index contributed by atoms with van der Waals surface area (Å²) in [6, 6.07) is 4.80. The zero-order chi connectivity index (χ0) is 17.6. The summed E-state index contributed by atoms with van der Waals surface area (Å²) in [5, 5.41) is 2.80. The smallest absolute Gasteiger partial charge is 0.240 e. The second-order valence-corrected chi connectivity index (χ2v) is 8.70. The van der Waals surface area contributed by atoms with Crippen molar-refractivity contribution in [1.82, 2.24) is 4.72 Å². The topological polar surface area (TPSA) is 75.3 Å². The average molecular weight is 359 g/mol. The number of amides is 1. The highest BCUT2D eigenvalue weighted by Gasteiger charge is 2.17. The molecule has 130 valence electrons. The molecule has 1 rings (SSSR count). The molecule has 5 nitrogen and oxygen atoms in total. The molecule has 0 saturated carbocycles. The summed E-state index contributed by atoms with van der Waals surface area (Å²) in [6.07, 6.45) is 2.66. The standard InChI is InChI=1S/C16H26N2O3S2/c1-11(2)8-9-17-23(20,21)13-6-7-15(22-5)14(10-13)18-16(19)12(3)4/h6-7,10-12,17H,8-9H2,1-5H3,(H,18,19). The Morgan fingerprint density at radius 1 is 1.22 bits per heavy atom. The molecule has 23 heavy (non-hydrogen) atoms. The Morgan fingerprint density at radius 3 is 2.39 bits per heavy atom. The van der Waals surface area contributed by atoms with E-state index in [2.05, 4.69) is 10.0 Å². The van der Waals surface area contributed by atoms with Crippen molar-refractivity contribution >= 4 is 33.4 Å². The molecule has 0 aliphatic carbocycles. The van der Waals surface area contributed by atoms with Crippen molar-refractivity contribution in [3.05, 3.63) is 18.2 Å². The van der Waals surface area contributed by atoms with Gasteiger partial charge in [0, 0.05) is 17.4 Å². The van der Waals surface area contributed by atoms with E-state index in [1.54, 1.807) is 26.0 Å². The van der Waals surface area contributed by atoms with Crippen molar-refractivity contribution in [2.45, 2.75) is 43.9 Å². The molecule has 0 saturated heterocycles. The SMILES string of the molecule is CSc1ccc(S(=O)(=O)NCCC(C)C)cc1NC(=O)C(C)C. The minimum Gasteiger partial charge on any atom is -0.325 e. The van der Waals surface area contributed by atoms with E-state index in [9.17, 15) is 13.2 Å². The molecule has 1 aromatic rings. The van der Waals surface area contributed by atoms with E-state index in [1.165, 1.54) is 17.8 Å². The fourth-order valence-electron chi connectivity index (χ4n) is 1.79. The Morgan fingerprint density at radius 2 is 1.87 bits per heavy atom. The van der Waals surface area contributed by atoms with Gasteiger partial charge in [-0.2, -0.15) is 0 Å². The number of carbonyl (C=O) groups is 1. The summed E-state index contributed by atoms with van der Waals surface area (Å²) in [5.41, 5.74) is 0.530. The summed E-state index contributed by atoms with van der Waals surface area (Å²) in [5.74, 6) is 0.120. The van der Waals surface area contributed by atoms with Gasteiger partial charge in [0.2, 0.25) is 15.9 Å². The van der Waals surface area contributed by atoms with Gasteiger partial charge in [-0.1, -0.05) is 27.7 Å². The Kier molecular flexibility index (Phi) is 7.57. The maximum Gasteiger partial charge on any atom is 0.240 e. The summed E-state index contributed by atoms with van der Waals surface area (Å²) in [6.45, 7) is 8.07. The van der Waals surface area contributed by atoms with Crippen LogP contribution in [0, 0.1) is 11.8 Å². The van der Waals surface area contributed by atoms with Crippen LogP contribution in [0.5, 0.6) is 0 Å². The predicted octanol–water partition coefficient (Wildman–Crippen LogP) is 3.33. The third kappa shape index (κ3) is 6.16. The maximum absolute atomic E-state index is 12.4. The predicted molar refractivity (Wildman–Crippen MR) is 96.3 cm³/mol. The molecule has 0 radical (unpaired) electrons. The Hall–Kier alpha value is -1.05. The molecule has 2 N–H and O–H groups in total. The minimum absolute atomic E-state index is 0.136. The zero-order valence-electron chi connectivity index (χ0n) is 14.3. The Bertz CT molecular complexity index is 641. The monoisotopic (exact) mass is 358 g/mol. The van der Waals surface area contributed by atoms with Crippen LogP contribution in [0.1, 0.15) is 34.1 Å². The van der Waals surface area contributed by atoms with E-state index in [4.69, 9.17) is 0 Å². The van der Waals surface area contributed by atoms with E-state index < -0.39 is 10.0 Å². The molecule has 0 aliphatic heterocycles. The molecule has 0 heterocycles. The highest BCUT2D eigenvalue weighted by Crippen LogP contribution is 2.28. The molecule has 0 bridgehead atoms. The fraction of sp³-hybridized carbons (Fsp3) is 0.562. The van der Waals surface area contributed by atoms with E-state index in [-0.39, 0.29) is 16.7 Å². The third-order valence-corrected chi connectivity index (χ3v) is 5.53. The number of carbonyl (C=O) groups excluding carboxylic acids is 1. The summed E-state index contributed by atoms with van der Waals surface area (Å²) in [7, 11) is -3.57. The van der Waals surface area contributed by atoms with Gasteiger partial charge in [-0.15, -0.1) is 11.8 Å². The van der Waals surface area contributed by atoms with E-state index in [1.807, 2.05) is 20.1 Å². The quantitative estimate of drug-likeness (QED) is 0.699. The van der Waals surface area contributed by atoms with Gasteiger partial charge in [0.15, 0.2) is 0 Å². The first-order chi connectivity index (χ1) is 10.7. The Labute approximate surface area is 143 Å². The first kappa shape index (κ1) is 20.0. The average Bonchev–Trinajstić information content (AvgIpc) is 2.46. The van der Waals surface area contributed by atoms with Crippen LogP contribution in [0.15, 0.2) is 28.0 Å². The van der Waals surface area contributed by atoms with Crippen molar-refractivity contribution < 1.29 is 13.2 Å². The van der Waals surface area contributed by atoms with E-state index >= 15 is 0 Å². The molecule has 0 fully saturated rings. The molecule has 0 aromatic heterocycles. The number of nitrogens with one attached hydrogen (secondary N) is 2. The van der Waals surface area contributed by atoms with Gasteiger partial charge in [0.1, 0.15) is 0 Å². The van der Waals surface area contributed by atoms with Gasteiger partial charge in [-0.25, -0.2) is 13.1 Å². The molecular weight excluding hydrogens is 332 g/mol. The second-order valence-electron chi connectivity index (χ2n) is 6.09. The van der Waals surface area contributed by atoms with Crippen LogP contribution in [0.3, 0.4) is 0 Å². The summed E-state index contributed by atoms with van der Waals surface area (Å²) >= 11 is 1.46. The second kappa shape index (κ2) is 8.70. The normalized spacial score (nSPS) is 12.0. The first-order valence-electron chi connectivity index (χ1n) is 7.66. The molecular formula is C16H26N2O3S2. The fourth-order valence-corrected chi connectivity index (χ4v) is 3.40. The molecule has 0 unspecified atom stereocenters. The van der Waals surface area contributed by atoms with Gasteiger partial charge in [0.05, 0.1) is 10.6 Å². The third-order valence-electron chi connectivity index (χ3n) is 3.28. The van der Waals surface area contributed by atoms with Crippen molar-refractivity contribution in [3.63, 3.8) is 0 Å². The summed E-state index contributed by atoms with van der Waals surface area (Å²) in [4.78, 5) is 12.9. The molecule has 0 aliphatic rings. The van der Waals surface area contributed by atoms with Gasteiger partial charge < -0.3 is 5.32 Å². The van der Waals surface area contributed by atoms with Gasteiger partial charge in [-0.3, -0.25) is 4.79 Å². The van der Waals surface area contributed by atoms with Crippen LogP contribution in [0.25, 0.3) is 0 Å². The molecule has 1 amide bonds. The lowest BCUT2D eigenvalue weighted by Gasteiger charge is -2.14. The maximum atomic E-state index is 12.4.